The average molecular weight is 515 g/mol. The lowest BCUT2D eigenvalue weighted by atomic mass is 9.53. The highest BCUT2D eigenvalue weighted by Gasteiger charge is 2.54. The number of thiazole rings is 1. The Kier molecular flexibility index (Phi) is 7.43. The maximum Gasteiger partial charge on any atom is 0.225 e. The Balaban J connectivity index is 1.28. The molecule has 5 rings (SSSR count). The molecule has 3 heterocycles. The number of rotatable bonds is 6. The van der Waals surface area contributed by atoms with Gasteiger partial charge in [-0.25, -0.2) is 4.98 Å². The quantitative estimate of drug-likeness (QED) is 0.593. The number of thioether (sulfide) groups is 1. The molecule has 2 N–H and O–H groups in total. The number of fused-ring (bicyclic) bond motifs is 2. The van der Waals surface area contributed by atoms with Crippen LogP contribution in [-0.2, 0) is 17.6 Å². The maximum absolute atomic E-state index is 13.3. The third kappa shape index (κ3) is 4.98. The normalized spacial score (nSPS) is 31.4. The van der Waals surface area contributed by atoms with Crippen LogP contribution in [-0.4, -0.2) is 63.1 Å². The Morgan fingerprint density at radius 3 is 2.89 bits per heavy atom. The molecule has 1 aliphatic heterocycles. The van der Waals surface area contributed by atoms with Gasteiger partial charge >= 0.3 is 0 Å². The third-order valence-electron chi connectivity index (χ3n) is 8.66. The molecule has 0 bridgehead atoms. The molecule has 6 nitrogen and oxygen atoms in total. The third-order valence-corrected chi connectivity index (χ3v) is 10.6. The fraction of sp³-hybridized carbons (Fsp3) is 0.667. The van der Waals surface area contributed by atoms with Crippen molar-refractivity contribution in [3.8, 4) is 0 Å². The van der Waals surface area contributed by atoms with Gasteiger partial charge in [-0.2, -0.15) is 11.8 Å². The first-order chi connectivity index (χ1) is 16.9. The predicted octanol–water partition coefficient (Wildman–Crippen LogP) is 4.46. The second kappa shape index (κ2) is 10.4. The Hall–Kier alpha value is -1.64. The summed E-state index contributed by atoms with van der Waals surface area (Å²) in [5.74, 6) is 2.47. The molecule has 2 aromatic heterocycles. The summed E-state index contributed by atoms with van der Waals surface area (Å²) < 4.78 is 0. The molecule has 190 valence electrons. The summed E-state index contributed by atoms with van der Waals surface area (Å²) in [7, 11) is 0. The molecule has 0 aromatic carbocycles. The van der Waals surface area contributed by atoms with Crippen LogP contribution in [0.25, 0.3) is 0 Å². The largest absolute Gasteiger partial charge is 0.392 e. The minimum atomic E-state index is -0.475. The molecular formula is C27H38N4O2S2. The van der Waals surface area contributed by atoms with Gasteiger partial charge in [0, 0.05) is 66.2 Å². The fourth-order valence-electron chi connectivity index (χ4n) is 6.72. The van der Waals surface area contributed by atoms with Crippen LogP contribution in [0.15, 0.2) is 24.4 Å². The molecule has 2 aliphatic carbocycles. The van der Waals surface area contributed by atoms with Crippen LogP contribution in [0.1, 0.15) is 55.8 Å². The van der Waals surface area contributed by atoms with Crippen molar-refractivity contribution in [3.05, 3.63) is 40.7 Å². The zero-order chi connectivity index (χ0) is 24.6. The van der Waals surface area contributed by atoms with Crippen molar-refractivity contribution in [2.75, 3.05) is 36.5 Å². The van der Waals surface area contributed by atoms with Gasteiger partial charge in [0.1, 0.15) is 0 Å². The van der Waals surface area contributed by atoms with Gasteiger partial charge in [-0.05, 0) is 48.6 Å². The van der Waals surface area contributed by atoms with Crippen molar-refractivity contribution >= 4 is 34.1 Å². The van der Waals surface area contributed by atoms with E-state index < -0.39 is 6.10 Å². The van der Waals surface area contributed by atoms with Crippen LogP contribution in [0, 0.1) is 23.2 Å². The molecule has 2 fully saturated rings. The summed E-state index contributed by atoms with van der Waals surface area (Å²) in [5, 5.41) is 16.2. The molecule has 1 saturated carbocycles. The summed E-state index contributed by atoms with van der Waals surface area (Å²) in [6.45, 7) is 9.11. The molecule has 6 atom stereocenters. The highest BCUT2D eigenvalue weighted by Crippen LogP contribution is 2.57. The monoisotopic (exact) mass is 514 g/mol. The van der Waals surface area contributed by atoms with Crippen LogP contribution < -0.4 is 5.32 Å². The number of aromatic nitrogens is 2. The number of anilines is 1. The first kappa shape index (κ1) is 25.0. The van der Waals surface area contributed by atoms with Gasteiger partial charge in [0.2, 0.25) is 5.91 Å². The van der Waals surface area contributed by atoms with E-state index in [-0.39, 0.29) is 35.0 Å². The maximum atomic E-state index is 13.3. The number of pyridine rings is 1. The molecule has 6 unspecified atom stereocenters. The molecular weight excluding hydrogens is 476 g/mol. The van der Waals surface area contributed by atoms with Crippen LogP contribution in [0.4, 0.5) is 5.13 Å². The number of hydrogen-bond acceptors (Lipinski definition) is 7. The number of nitrogens with zero attached hydrogens (tertiary/aromatic N) is 3. The van der Waals surface area contributed by atoms with Crippen LogP contribution in [0.2, 0.25) is 0 Å². The molecule has 8 heteroatoms. The molecule has 0 spiro atoms. The van der Waals surface area contributed by atoms with E-state index in [2.05, 4.69) is 30.2 Å². The number of nitrogens with one attached hydrogen (secondary N) is 1. The van der Waals surface area contributed by atoms with Crippen LogP contribution >= 0.6 is 23.1 Å². The first-order valence-electron chi connectivity index (χ1n) is 13.1. The van der Waals surface area contributed by atoms with E-state index in [1.54, 1.807) is 11.3 Å². The number of amides is 1. The smallest absolute Gasteiger partial charge is 0.225 e. The molecule has 3 aliphatic rings. The second-order valence-electron chi connectivity index (χ2n) is 10.9. The van der Waals surface area contributed by atoms with Crippen molar-refractivity contribution in [2.45, 2.75) is 58.5 Å². The van der Waals surface area contributed by atoms with Crippen molar-refractivity contribution in [1.29, 1.82) is 0 Å². The standard InChI is InChI=1S/C27H38N4O2S2/c1-17(25(33)31-12-14-34-15-13-31)20-7-9-27(3)16-21-23(18(2)22(27)24(20)32)30-26(35-21)29-11-8-19-6-4-5-10-28-19/h4-6,10,17-18,20,22,24,32H,7-9,11-16H2,1-3H3,(H,29,30). The van der Waals surface area contributed by atoms with E-state index in [1.807, 2.05) is 41.9 Å². The fourth-order valence-corrected chi connectivity index (χ4v) is 8.91. The molecule has 1 saturated heterocycles. The highest BCUT2D eigenvalue weighted by atomic mass is 32.2. The summed E-state index contributed by atoms with van der Waals surface area (Å²) >= 11 is 3.69. The van der Waals surface area contributed by atoms with E-state index in [1.165, 1.54) is 4.88 Å². The van der Waals surface area contributed by atoms with Gasteiger partial charge in [0.25, 0.3) is 0 Å². The predicted molar refractivity (Wildman–Crippen MR) is 144 cm³/mol. The number of aliphatic hydroxyl groups excluding tert-OH is 1. The summed E-state index contributed by atoms with van der Waals surface area (Å²) in [4.78, 5) is 26.0. The van der Waals surface area contributed by atoms with Crippen molar-refractivity contribution in [3.63, 3.8) is 0 Å². The molecule has 0 radical (unpaired) electrons. The molecule has 2 aromatic rings. The van der Waals surface area contributed by atoms with Crippen LogP contribution in [0.3, 0.4) is 0 Å². The van der Waals surface area contributed by atoms with E-state index in [0.717, 1.165) is 73.3 Å². The Labute approximate surface area is 217 Å². The van der Waals surface area contributed by atoms with Gasteiger partial charge in [0.15, 0.2) is 5.13 Å². The summed E-state index contributed by atoms with van der Waals surface area (Å²) in [6, 6.07) is 6.01. The van der Waals surface area contributed by atoms with Crippen molar-refractivity contribution in [2.24, 2.45) is 23.2 Å². The number of carbonyl (C=O) groups is 1. The Morgan fingerprint density at radius 2 is 2.14 bits per heavy atom. The zero-order valence-corrected chi connectivity index (χ0v) is 22.7. The van der Waals surface area contributed by atoms with E-state index in [0.29, 0.717) is 0 Å². The number of hydrogen-bond donors (Lipinski definition) is 2. The van der Waals surface area contributed by atoms with Gasteiger partial charge in [-0.15, -0.1) is 11.3 Å². The van der Waals surface area contributed by atoms with Crippen LogP contribution in [0.5, 0.6) is 0 Å². The van der Waals surface area contributed by atoms with Crippen molar-refractivity contribution < 1.29 is 9.90 Å². The van der Waals surface area contributed by atoms with E-state index >= 15 is 0 Å². The summed E-state index contributed by atoms with van der Waals surface area (Å²) in [5.41, 5.74) is 2.27. The Morgan fingerprint density at radius 1 is 1.34 bits per heavy atom. The molecule has 35 heavy (non-hydrogen) atoms. The zero-order valence-electron chi connectivity index (χ0n) is 21.1. The lowest BCUT2D eigenvalue weighted by Gasteiger charge is -2.53. The van der Waals surface area contributed by atoms with Gasteiger partial charge in [-0.3, -0.25) is 9.78 Å². The lowest BCUT2D eigenvalue weighted by Crippen LogP contribution is -2.54. The Bertz CT molecular complexity index is 1030. The average Bonchev–Trinajstić information content (AvgIpc) is 3.27. The minimum Gasteiger partial charge on any atom is -0.392 e. The van der Waals surface area contributed by atoms with Gasteiger partial charge in [0.05, 0.1) is 11.8 Å². The number of aliphatic hydroxyl groups is 1. The van der Waals surface area contributed by atoms with Gasteiger partial charge in [-0.1, -0.05) is 26.8 Å². The SMILES string of the molecule is CC(C(=O)N1CCSCC1)C1CCC2(C)Cc3sc(NCCc4ccccn4)nc3C(C)C2C1O. The topological polar surface area (TPSA) is 78.4 Å². The number of carbonyl (C=O) groups excluding carboxylic acids is 1. The van der Waals surface area contributed by atoms with E-state index in [9.17, 15) is 9.90 Å². The minimum absolute atomic E-state index is 0.0220. The lowest BCUT2D eigenvalue weighted by molar-refractivity contribution is -0.144. The molecule has 1 amide bonds. The summed E-state index contributed by atoms with van der Waals surface area (Å²) in [6.07, 6.45) is 5.16. The second-order valence-corrected chi connectivity index (χ2v) is 13.2. The van der Waals surface area contributed by atoms with Gasteiger partial charge < -0.3 is 15.3 Å². The van der Waals surface area contributed by atoms with E-state index in [4.69, 9.17) is 4.98 Å². The highest BCUT2D eigenvalue weighted by molar-refractivity contribution is 7.99. The first-order valence-corrected chi connectivity index (χ1v) is 15.0. The van der Waals surface area contributed by atoms with Crippen molar-refractivity contribution in [1.82, 2.24) is 14.9 Å².